The molecule has 5 heteroatoms. The van der Waals surface area contributed by atoms with Crippen molar-refractivity contribution in [3.05, 3.63) is 69.6 Å². The van der Waals surface area contributed by atoms with Gasteiger partial charge in [-0.2, -0.15) is 0 Å². The molecule has 0 aliphatic carbocycles. The number of pyridine rings is 1. The van der Waals surface area contributed by atoms with Crippen LogP contribution in [0.3, 0.4) is 0 Å². The van der Waals surface area contributed by atoms with E-state index in [0.717, 1.165) is 18.5 Å². The number of aromatic amines is 1. The van der Waals surface area contributed by atoms with Crippen molar-refractivity contribution in [2.45, 2.75) is 57.5 Å². The molecule has 5 nitrogen and oxygen atoms in total. The van der Waals surface area contributed by atoms with Crippen molar-refractivity contribution in [3.8, 4) is 0 Å². The molecule has 1 atom stereocenters. The second-order valence-corrected chi connectivity index (χ2v) is 8.45. The number of H-pyrrole nitrogens is 1. The summed E-state index contributed by atoms with van der Waals surface area (Å²) >= 11 is 0. The SMILES string of the molecule is Cc1ccccc1C1(CC(=O)NCCc2cccc(=O)[nH]2)CCOC(C)(C)C1. The maximum Gasteiger partial charge on any atom is 0.248 e. The molecule has 3 rings (SSSR count). The number of aromatic nitrogens is 1. The Morgan fingerprint density at radius 2 is 1.96 bits per heavy atom. The summed E-state index contributed by atoms with van der Waals surface area (Å²) in [7, 11) is 0. The Labute approximate surface area is 166 Å². The molecule has 1 aliphatic rings. The van der Waals surface area contributed by atoms with Crippen LogP contribution in [0.2, 0.25) is 0 Å². The van der Waals surface area contributed by atoms with E-state index in [1.807, 2.05) is 12.1 Å². The first-order valence-corrected chi connectivity index (χ1v) is 9.95. The Hall–Kier alpha value is -2.40. The smallest absolute Gasteiger partial charge is 0.248 e. The maximum absolute atomic E-state index is 12.8. The molecule has 1 saturated heterocycles. The van der Waals surface area contributed by atoms with Gasteiger partial charge in [-0.3, -0.25) is 9.59 Å². The van der Waals surface area contributed by atoms with E-state index in [2.05, 4.69) is 49.3 Å². The number of carbonyl (C=O) groups excluding carboxylic acids is 1. The summed E-state index contributed by atoms with van der Waals surface area (Å²) in [6.07, 6.45) is 2.69. The van der Waals surface area contributed by atoms with Crippen LogP contribution in [0, 0.1) is 6.92 Å². The molecule has 1 aliphatic heterocycles. The van der Waals surface area contributed by atoms with Crippen molar-refractivity contribution in [2.75, 3.05) is 13.2 Å². The minimum Gasteiger partial charge on any atom is -0.376 e. The molecule has 0 saturated carbocycles. The van der Waals surface area contributed by atoms with Gasteiger partial charge in [0.1, 0.15) is 0 Å². The average Bonchev–Trinajstić information content (AvgIpc) is 2.61. The second-order valence-electron chi connectivity index (χ2n) is 8.45. The summed E-state index contributed by atoms with van der Waals surface area (Å²) < 4.78 is 5.95. The van der Waals surface area contributed by atoms with Gasteiger partial charge in [-0.15, -0.1) is 0 Å². The van der Waals surface area contributed by atoms with E-state index in [4.69, 9.17) is 4.74 Å². The minimum atomic E-state index is -0.260. The topological polar surface area (TPSA) is 71.2 Å². The number of ether oxygens (including phenoxy) is 1. The van der Waals surface area contributed by atoms with Gasteiger partial charge in [0.05, 0.1) is 5.60 Å². The molecular weight excluding hydrogens is 352 g/mol. The van der Waals surface area contributed by atoms with E-state index in [1.165, 1.54) is 17.2 Å². The van der Waals surface area contributed by atoms with Gasteiger partial charge in [-0.25, -0.2) is 0 Å². The highest BCUT2D eigenvalue weighted by Gasteiger charge is 2.44. The molecule has 1 fully saturated rings. The van der Waals surface area contributed by atoms with E-state index in [0.29, 0.717) is 26.0 Å². The van der Waals surface area contributed by atoms with Gasteiger partial charge in [0.25, 0.3) is 0 Å². The molecule has 1 amide bonds. The Morgan fingerprint density at radius 3 is 2.68 bits per heavy atom. The van der Waals surface area contributed by atoms with Gasteiger partial charge in [0, 0.05) is 43.2 Å². The Morgan fingerprint density at radius 1 is 1.18 bits per heavy atom. The van der Waals surface area contributed by atoms with Gasteiger partial charge < -0.3 is 15.0 Å². The number of hydrogen-bond acceptors (Lipinski definition) is 3. The Bertz CT molecular complexity index is 887. The van der Waals surface area contributed by atoms with Crippen LogP contribution in [-0.4, -0.2) is 29.6 Å². The predicted molar refractivity (Wildman–Crippen MR) is 111 cm³/mol. The molecule has 2 N–H and O–H groups in total. The highest BCUT2D eigenvalue weighted by atomic mass is 16.5. The van der Waals surface area contributed by atoms with E-state index in [-0.39, 0.29) is 22.5 Å². The summed E-state index contributed by atoms with van der Waals surface area (Å²) in [5.74, 6) is 0.0410. The van der Waals surface area contributed by atoms with Crippen molar-refractivity contribution in [1.29, 1.82) is 0 Å². The second kappa shape index (κ2) is 8.31. The number of rotatable bonds is 6. The fraction of sp³-hybridized carbons (Fsp3) is 0.478. The van der Waals surface area contributed by atoms with E-state index < -0.39 is 0 Å². The lowest BCUT2D eigenvalue weighted by atomic mass is 9.66. The van der Waals surface area contributed by atoms with Crippen LogP contribution in [-0.2, 0) is 21.4 Å². The van der Waals surface area contributed by atoms with Gasteiger partial charge in [0.2, 0.25) is 11.5 Å². The molecule has 1 unspecified atom stereocenters. The molecule has 2 aromatic rings. The third-order valence-electron chi connectivity index (χ3n) is 5.60. The van der Waals surface area contributed by atoms with Crippen LogP contribution in [0.25, 0.3) is 0 Å². The normalized spacial score (nSPS) is 21.2. The molecule has 2 heterocycles. The first-order chi connectivity index (χ1) is 13.3. The van der Waals surface area contributed by atoms with Crippen LogP contribution in [0.4, 0.5) is 0 Å². The molecule has 0 spiro atoms. The number of amides is 1. The largest absolute Gasteiger partial charge is 0.376 e. The zero-order valence-corrected chi connectivity index (χ0v) is 17.0. The van der Waals surface area contributed by atoms with Crippen LogP contribution in [0.5, 0.6) is 0 Å². The maximum atomic E-state index is 12.8. The summed E-state index contributed by atoms with van der Waals surface area (Å²) in [4.78, 5) is 27.0. The zero-order chi connectivity index (χ0) is 20.2. The summed E-state index contributed by atoms with van der Waals surface area (Å²) in [6.45, 7) is 7.47. The van der Waals surface area contributed by atoms with E-state index >= 15 is 0 Å². The lowest BCUT2D eigenvalue weighted by Gasteiger charge is -2.45. The average molecular weight is 383 g/mol. The fourth-order valence-electron chi connectivity index (χ4n) is 4.47. The van der Waals surface area contributed by atoms with Crippen molar-refractivity contribution >= 4 is 5.91 Å². The van der Waals surface area contributed by atoms with E-state index in [9.17, 15) is 9.59 Å². The van der Waals surface area contributed by atoms with E-state index in [1.54, 1.807) is 6.07 Å². The highest BCUT2D eigenvalue weighted by molar-refractivity contribution is 5.77. The number of nitrogens with one attached hydrogen (secondary N) is 2. The Kier molecular flexibility index (Phi) is 6.04. The lowest BCUT2D eigenvalue weighted by molar-refractivity contribution is -0.126. The number of carbonyl (C=O) groups is 1. The monoisotopic (exact) mass is 382 g/mol. The predicted octanol–water partition coefficient (Wildman–Crippen LogP) is 3.26. The van der Waals surface area contributed by atoms with Crippen LogP contribution < -0.4 is 10.9 Å². The van der Waals surface area contributed by atoms with Crippen LogP contribution >= 0.6 is 0 Å². The van der Waals surface area contributed by atoms with Gasteiger partial charge in [0.15, 0.2) is 0 Å². The number of hydrogen-bond donors (Lipinski definition) is 2. The zero-order valence-electron chi connectivity index (χ0n) is 17.0. The van der Waals surface area contributed by atoms with Crippen LogP contribution in [0.15, 0.2) is 47.3 Å². The fourth-order valence-corrected chi connectivity index (χ4v) is 4.47. The van der Waals surface area contributed by atoms with Crippen molar-refractivity contribution in [3.63, 3.8) is 0 Å². The molecule has 0 radical (unpaired) electrons. The third-order valence-corrected chi connectivity index (χ3v) is 5.60. The number of aryl methyl sites for hydroxylation is 1. The minimum absolute atomic E-state index is 0.0410. The van der Waals surface area contributed by atoms with Crippen molar-refractivity contribution in [2.24, 2.45) is 0 Å². The molecule has 0 bridgehead atoms. The first-order valence-electron chi connectivity index (χ1n) is 9.95. The summed E-state index contributed by atoms with van der Waals surface area (Å²) in [5, 5.41) is 3.04. The molecule has 28 heavy (non-hydrogen) atoms. The highest BCUT2D eigenvalue weighted by Crippen LogP contribution is 2.45. The van der Waals surface area contributed by atoms with Gasteiger partial charge in [-0.1, -0.05) is 30.3 Å². The molecule has 150 valence electrons. The number of benzene rings is 1. The van der Waals surface area contributed by atoms with Crippen LogP contribution in [0.1, 0.15) is 49.9 Å². The standard InChI is InChI=1S/C23H30N2O3/c1-17-7-4-5-9-19(17)23(12-14-28-22(2,3)16-23)15-21(27)24-13-11-18-8-6-10-20(26)25-18/h4-10H,11-16H2,1-3H3,(H,24,27)(H,25,26). The van der Waals surface area contributed by atoms with Gasteiger partial charge in [-0.05, 0) is 50.8 Å². The first kappa shape index (κ1) is 20.3. The lowest BCUT2D eigenvalue weighted by Crippen LogP contribution is -2.47. The molecule has 1 aromatic heterocycles. The Balaban J connectivity index is 1.72. The summed E-state index contributed by atoms with van der Waals surface area (Å²) in [5.41, 5.74) is 2.69. The third kappa shape index (κ3) is 4.90. The van der Waals surface area contributed by atoms with Gasteiger partial charge >= 0.3 is 0 Å². The molecular formula is C23H30N2O3. The quantitative estimate of drug-likeness (QED) is 0.806. The van der Waals surface area contributed by atoms with Crippen molar-refractivity contribution in [1.82, 2.24) is 10.3 Å². The van der Waals surface area contributed by atoms with Crippen molar-refractivity contribution < 1.29 is 9.53 Å². The molecule has 1 aromatic carbocycles. The summed E-state index contributed by atoms with van der Waals surface area (Å²) in [6, 6.07) is 13.4.